The third-order valence-corrected chi connectivity index (χ3v) is 3.93. The average molecular weight is 241 g/mol. The van der Waals surface area contributed by atoms with E-state index in [1.807, 2.05) is 0 Å². The highest BCUT2D eigenvalue weighted by Gasteiger charge is 2.21. The number of nitrogens with one attached hydrogen (secondary N) is 2. The first-order chi connectivity index (χ1) is 7.83. The molecule has 0 spiro atoms. The summed E-state index contributed by atoms with van der Waals surface area (Å²) in [6, 6.07) is 0.606. The van der Waals surface area contributed by atoms with E-state index in [2.05, 4.69) is 22.5 Å². The second-order valence-corrected chi connectivity index (χ2v) is 5.20. The van der Waals surface area contributed by atoms with Crippen molar-refractivity contribution < 1.29 is 5.11 Å². The minimum Gasteiger partial charge on any atom is -0.377 e. The number of hydrogen-bond acceptors (Lipinski definition) is 5. The SMILES string of the molecule is CCCNC1CCc2nc(NCO)sc2C1. The molecule has 1 unspecified atom stereocenters. The Morgan fingerprint density at radius 1 is 1.56 bits per heavy atom. The molecule has 0 saturated heterocycles. The smallest absolute Gasteiger partial charge is 0.184 e. The maximum Gasteiger partial charge on any atom is 0.184 e. The zero-order valence-electron chi connectivity index (χ0n) is 9.62. The maximum absolute atomic E-state index is 8.79. The third-order valence-electron chi connectivity index (χ3n) is 2.85. The van der Waals surface area contributed by atoms with Gasteiger partial charge in [-0.25, -0.2) is 4.98 Å². The summed E-state index contributed by atoms with van der Waals surface area (Å²) >= 11 is 1.67. The lowest BCUT2D eigenvalue weighted by atomic mass is 9.98. The molecular formula is C11H19N3OS. The largest absolute Gasteiger partial charge is 0.377 e. The fraction of sp³-hybridized carbons (Fsp3) is 0.727. The Balaban J connectivity index is 1.97. The summed E-state index contributed by atoms with van der Waals surface area (Å²) in [7, 11) is 0. The molecule has 1 aromatic heterocycles. The Labute approximate surface area is 100 Å². The molecule has 0 radical (unpaired) electrons. The maximum atomic E-state index is 8.79. The van der Waals surface area contributed by atoms with Gasteiger partial charge in [0.05, 0.1) is 5.69 Å². The summed E-state index contributed by atoms with van der Waals surface area (Å²) in [6.07, 6.45) is 4.50. The number of aryl methyl sites for hydroxylation is 1. The Bertz CT molecular complexity index is 340. The van der Waals surface area contributed by atoms with E-state index in [4.69, 9.17) is 5.11 Å². The van der Waals surface area contributed by atoms with Crippen molar-refractivity contribution in [3.05, 3.63) is 10.6 Å². The normalized spacial score (nSPS) is 19.5. The molecule has 16 heavy (non-hydrogen) atoms. The summed E-state index contributed by atoms with van der Waals surface area (Å²) in [5, 5.41) is 16.1. The van der Waals surface area contributed by atoms with Crippen LogP contribution in [-0.4, -0.2) is 29.4 Å². The van der Waals surface area contributed by atoms with E-state index in [-0.39, 0.29) is 6.73 Å². The number of anilines is 1. The predicted octanol–water partition coefficient (Wildman–Crippen LogP) is 1.36. The van der Waals surface area contributed by atoms with E-state index in [9.17, 15) is 0 Å². The molecule has 0 amide bonds. The standard InChI is InChI=1S/C11H19N3OS/c1-2-5-12-8-3-4-9-10(6-8)16-11(14-9)13-7-15/h8,12,15H,2-7H2,1H3,(H,13,14). The van der Waals surface area contributed by atoms with E-state index in [1.54, 1.807) is 11.3 Å². The molecule has 0 fully saturated rings. The molecule has 0 saturated carbocycles. The lowest BCUT2D eigenvalue weighted by Crippen LogP contribution is -2.34. The van der Waals surface area contributed by atoms with Crippen molar-refractivity contribution in [2.75, 3.05) is 18.6 Å². The lowest BCUT2D eigenvalue weighted by Gasteiger charge is -2.21. The van der Waals surface area contributed by atoms with Gasteiger partial charge in [-0.05, 0) is 32.2 Å². The number of nitrogens with zero attached hydrogens (tertiary/aromatic N) is 1. The minimum atomic E-state index is -0.0378. The molecule has 0 bridgehead atoms. The van der Waals surface area contributed by atoms with Gasteiger partial charge >= 0.3 is 0 Å². The summed E-state index contributed by atoms with van der Waals surface area (Å²) < 4.78 is 0. The molecule has 1 heterocycles. The fourth-order valence-corrected chi connectivity index (χ4v) is 3.12. The highest BCUT2D eigenvalue weighted by atomic mass is 32.1. The van der Waals surface area contributed by atoms with Crippen LogP contribution >= 0.6 is 11.3 Å². The van der Waals surface area contributed by atoms with Crippen molar-refractivity contribution in [3.8, 4) is 0 Å². The van der Waals surface area contributed by atoms with Crippen LogP contribution < -0.4 is 10.6 Å². The topological polar surface area (TPSA) is 57.2 Å². The van der Waals surface area contributed by atoms with E-state index in [1.165, 1.54) is 23.4 Å². The summed E-state index contributed by atoms with van der Waals surface area (Å²) in [5.74, 6) is 0. The van der Waals surface area contributed by atoms with E-state index in [0.29, 0.717) is 6.04 Å². The van der Waals surface area contributed by atoms with Gasteiger partial charge in [0.1, 0.15) is 6.73 Å². The highest BCUT2D eigenvalue weighted by Crippen LogP contribution is 2.29. The first-order valence-corrected chi connectivity index (χ1v) is 6.71. The summed E-state index contributed by atoms with van der Waals surface area (Å²) in [5.41, 5.74) is 1.22. The molecule has 5 heteroatoms. The Kier molecular flexibility index (Phi) is 4.15. The quantitative estimate of drug-likeness (QED) is 0.681. The molecule has 1 aliphatic rings. The Hall–Kier alpha value is -0.650. The van der Waals surface area contributed by atoms with Crippen molar-refractivity contribution in [2.45, 2.75) is 38.6 Å². The molecule has 1 aromatic rings. The van der Waals surface area contributed by atoms with Crippen molar-refractivity contribution in [1.82, 2.24) is 10.3 Å². The Morgan fingerprint density at radius 3 is 3.19 bits per heavy atom. The zero-order chi connectivity index (χ0) is 11.4. The molecule has 4 nitrogen and oxygen atoms in total. The predicted molar refractivity (Wildman–Crippen MR) is 66.9 cm³/mol. The molecule has 0 aromatic carbocycles. The van der Waals surface area contributed by atoms with Crippen molar-refractivity contribution in [2.24, 2.45) is 0 Å². The van der Waals surface area contributed by atoms with Crippen LogP contribution in [0.2, 0.25) is 0 Å². The van der Waals surface area contributed by atoms with Gasteiger partial charge in [-0.2, -0.15) is 0 Å². The van der Waals surface area contributed by atoms with Crippen LogP contribution in [0.4, 0.5) is 5.13 Å². The van der Waals surface area contributed by atoms with Gasteiger partial charge in [-0.3, -0.25) is 0 Å². The molecule has 2 rings (SSSR count). The molecule has 1 aliphatic carbocycles. The second kappa shape index (κ2) is 5.61. The van der Waals surface area contributed by atoms with Gasteiger partial charge in [-0.15, -0.1) is 11.3 Å². The van der Waals surface area contributed by atoms with Crippen LogP contribution in [0.25, 0.3) is 0 Å². The van der Waals surface area contributed by atoms with E-state index >= 15 is 0 Å². The number of rotatable bonds is 5. The number of aliphatic hydroxyl groups is 1. The first kappa shape index (κ1) is 11.8. The van der Waals surface area contributed by atoms with Crippen LogP contribution in [0, 0.1) is 0 Å². The number of aromatic nitrogens is 1. The summed E-state index contributed by atoms with van der Waals surface area (Å²) in [4.78, 5) is 5.85. The van der Waals surface area contributed by atoms with E-state index < -0.39 is 0 Å². The molecule has 3 N–H and O–H groups in total. The number of hydrogen-bond donors (Lipinski definition) is 3. The highest BCUT2D eigenvalue weighted by molar-refractivity contribution is 7.15. The fourth-order valence-electron chi connectivity index (χ4n) is 2.04. The first-order valence-electron chi connectivity index (χ1n) is 5.90. The van der Waals surface area contributed by atoms with Crippen LogP contribution in [0.1, 0.15) is 30.3 Å². The molecule has 0 aliphatic heterocycles. The number of thiazole rings is 1. The van der Waals surface area contributed by atoms with Gasteiger partial charge in [-0.1, -0.05) is 6.92 Å². The zero-order valence-corrected chi connectivity index (χ0v) is 10.4. The monoisotopic (exact) mass is 241 g/mol. The van der Waals surface area contributed by atoms with Gasteiger partial charge in [0.2, 0.25) is 0 Å². The van der Waals surface area contributed by atoms with Crippen molar-refractivity contribution >= 4 is 16.5 Å². The average Bonchev–Trinajstić information content (AvgIpc) is 2.68. The minimum absolute atomic E-state index is 0.0378. The summed E-state index contributed by atoms with van der Waals surface area (Å²) in [6.45, 7) is 3.25. The number of fused-ring (bicyclic) bond motifs is 1. The van der Waals surface area contributed by atoms with Crippen LogP contribution in [0.5, 0.6) is 0 Å². The Morgan fingerprint density at radius 2 is 2.44 bits per heavy atom. The van der Waals surface area contributed by atoms with Crippen LogP contribution in [0.15, 0.2) is 0 Å². The third kappa shape index (κ3) is 2.72. The van der Waals surface area contributed by atoms with Crippen molar-refractivity contribution in [1.29, 1.82) is 0 Å². The molecule has 90 valence electrons. The van der Waals surface area contributed by atoms with Gasteiger partial charge < -0.3 is 15.7 Å². The van der Waals surface area contributed by atoms with Crippen molar-refractivity contribution in [3.63, 3.8) is 0 Å². The van der Waals surface area contributed by atoms with E-state index in [0.717, 1.165) is 24.5 Å². The lowest BCUT2D eigenvalue weighted by molar-refractivity contribution is 0.325. The molecular weight excluding hydrogens is 222 g/mol. The second-order valence-electron chi connectivity index (χ2n) is 4.12. The van der Waals surface area contributed by atoms with Gasteiger partial charge in [0.25, 0.3) is 0 Å². The van der Waals surface area contributed by atoms with Gasteiger partial charge in [0, 0.05) is 10.9 Å². The van der Waals surface area contributed by atoms with Gasteiger partial charge in [0.15, 0.2) is 5.13 Å². The molecule has 1 atom stereocenters. The number of aliphatic hydroxyl groups excluding tert-OH is 1. The van der Waals surface area contributed by atoms with Crippen LogP contribution in [-0.2, 0) is 12.8 Å². The van der Waals surface area contributed by atoms with Crippen LogP contribution in [0.3, 0.4) is 0 Å².